The molecule has 3 atom stereocenters. The minimum Gasteiger partial charge on any atom is -0.481 e. The number of nitrogens with zero attached hydrogens (tertiary/aromatic N) is 2. The van der Waals surface area contributed by atoms with E-state index in [2.05, 4.69) is 15.7 Å². The lowest BCUT2D eigenvalue weighted by molar-refractivity contribution is -0.142. The molecule has 0 bridgehead atoms. The molecule has 1 aromatic heterocycles. The van der Waals surface area contributed by atoms with Crippen molar-refractivity contribution in [1.29, 1.82) is 0 Å². The second-order valence-corrected chi connectivity index (χ2v) is 7.67. The van der Waals surface area contributed by atoms with Crippen LogP contribution in [0.25, 0.3) is 10.9 Å². The molecule has 0 radical (unpaired) electrons. The first kappa shape index (κ1) is 20.8. The average molecular weight is 400 g/mol. The number of fused-ring (bicyclic) bond motifs is 1. The molecule has 29 heavy (non-hydrogen) atoms. The number of hydrogen-bond acceptors (Lipinski definition) is 4. The van der Waals surface area contributed by atoms with Gasteiger partial charge >= 0.3 is 5.97 Å². The lowest BCUT2D eigenvalue weighted by atomic mass is 10.0. The molecule has 3 rings (SSSR count). The molecule has 0 aliphatic heterocycles. The Hall–Kier alpha value is -2.90. The van der Waals surface area contributed by atoms with Crippen molar-refractivity contribution in [1.82, 2.24) is 20.4 Å². The first-order chi connectivity index (χ1) is 13.9. The number of carbonyl (C=O) groups is 3. The maximum absolute atomic E-state index is 12.9. The highest BCUT2D eigenvalue weighted by Gasteiger charge is 2.35. The molecule has 1 aliphatic rings. The van der Waals surface area contributed by atoms with E-state index in [-0.39, 0.29) is 17.9 Å². The van der Waals surface area contributed by atoms with Gasteiger partial charge in [0.15, 0.2) is 0 Å². The molecular formula is C21H28N4O4. The summed E-state index contributed by atoms with van der Waals surface area (Å²) in [6.07, 6.45) is 5.79. The van der Waals surface area contributed by atoms with Gasteiger partial charge in [-0.05, 0) is 31.4 Å². The highest BCUT2D eigenvalue weighted by molar-refractivity contribution is 6.07. The summed E-state index contributed by atoms with van der Waals surface area (Å²) in [6.45, 7) is 2.02. The first-order valence-corrected chi connectivity index (χ1v) is 10.2. The number of benzene rings is 1. The summed E-state index contributed by atoms with van der Waals surface area (Å²) in [5, 5.41) is 20.0. The molecule has 1 heterocycles. The fourth-order valence-electron chi connectivity index (χ4n) is 4.00. The van der Waals surface area contributed by atoms with Crippen LogP contribution in [0.2, 0.25) is 0 Å². The van der Waals surface area contributed by atoms with Crippen LogP contribution in [0, 0.1) is 5.92 Å². The number of carbonyl (C=O) groups excluding carboxylic acids is 2. The third-order valence-corrected chi connectivity index (χ3v) is 5.67. The smallest absolute Gasteiger partial charge is 0.308 e. The monoisotopic (exact) mass is 400 g/mol. The molecule has 2 aromatic rings. The van der Waals surface area contributed by atoms with Gasteiger partial charge in [-0.1, -0.05) is 32.3 Å². The summed E-state index contributed by atoms with van der Waals surface area (Å²) in [5.41, 5.74) is 1.30. The number of rotatable bonds is 8. The normalized spacial score (nSPS) is 19.8. The van der Waals surface area contributed by atoms with Crippen LogP contribution in [-0.4, -0.2) is 44.8 Å². The van der Waals surface area contributed by atoms with E-state index in [1.54, 1.807) is 23.0 Å². The molecule has 1 saturated carbocycles. The Morgan fingerprint density at radius 1 is 1.31 bits per heavy atom. The molecule has 1 aliphatic carbocycles. The number of carboxylic acids is 1. The Morgan fingerprint density at radius 2 is 2.10 bits per heavy atom. The second kappa shape index (κ2) is 9.07. The highest BCUT2D eigenvalue weighted by atomic mass is 16.4. The van der Waals surface area contributed by atoms with Gasteiger partial charge < -0.3 is 15.7 Å². The molecule has 8 nitrogen and oxygen atoms in total. The number of unbranched alkanes of at least 4 members (excludes halogenated alkanes) is 1. The van der Waals surface area contributed by atoms with Crippen LogP contribution in [-0.2, 0) is 16.6 Å². The lowest BCUT2D eigenvalue weighted by Crippen LogP contribution is -2.51. The molecule has 1 fully saturated rings. The van der Waals surface area contributed by atoms with Crippen molar-refractivity contribution in [2.24, 2.45) is 13.0 Å². The Morgan fingerprint density at radius 3 is 2.83 bits per heavy atom. The number of nitrogens with one attached hydrogen (secondary N) is 2. The highest BCUT2D eigenvalue weighted by Crippen LogP contribution is 2.26. The number of aryl methyl sites for hydroxylation is 1. The molecule has 2 amide bonds. The molecular weight excluding hydrogens is 372 g/mol. The molecule has 8 heteroatoms. The number of carboxylic acid groups (broad SMARTS) is 1. The van der Waals surface area contributed by atoms with Crippen molar-refractivity contribution in [2.75, 3.05) is 0 Å². The van der Waals surface area contributed by atoms with E-state index in [9.17, 15) is 19.5 Å². The van der Waals surface area contributed by atoms with Gasteiger partial charge in [-0.25, -0.2) is 0 Å². The number of hydrogen-bond donors (Lipinski definition) is 3. The van der Waals surface area contributed by atoms with E-state index in [0.29, 0.717) is 24.8 Å². The minimum absolute atomic E-state index is 0.316. The first-order valence-electron chi connectivity index (χ1n) is 10.2. The zero-order chi connectivity index (χ0) is 21.0. The molecule has 0 saturated heterocycles. The van der Waals surface area contributed by atoms with Gasteiger partial charge in [0.05, 0.1) is 23.2 Å². The second-order valence-electron chi connectivity index (χ2n) is 7.67. The lowest BCUT2D eigenvalue weighted by Gasteiger charge is -2.23. The largest absolute Gasteiger partial charge is 0.481 e. The zero-order valence-corrected chi connectivity index (χ0v) is 16.9. The van der Waals surface area contributed by atoms with E-state index in [4.69, 9.17) is 0 Å². The van der Waals surface area contributed by atoms with Gasteiger partial charge in [-0.3, -0.25) is 19.1 Å². The van der Waals surface area contributed by atoms with Gasteiger partial charge in [0.25, 0.3) is 5.91 Å². The minimum atomic E-state index is -0.884. The number of amides is 2. The van der Waals surface area contributed by atoms with Crippen LogP contribution in [0.3, 0.4) is 0 Å². The summed E-state index contributed by atoms with van der Waals surface area (Å²) in [6, 6.07) is 4.29. The zero-order valence-electron chi connectivity index (χ0n) is 16.9. The van der Waals surface area contributed by atoms with Crippen LogP contribution < -0.4 is 10.6 Å². The van der Waals surface area contributed by atoms with Gasteiger partial charge in [0, 0.05) is 18.5 Å². The third-order valence-electron chi connectivity index (χ3n) is 5.67. The maximum Gasteiger partial charge on any atom is 0.308 e. The van der Waals surface area contributed by atoms with Gasteiger partial charge in [-0.2, -0.15) is 5.10 Å². The quantitative estimate of drug-likeness (QED) is 0.629. The number of aromatic nitrogens is 2. The van der Waals surface area contributed by atoms with E-state index < -0.39 is 17.9 Å². The Balaban J connectivity index is 1.75. The molecule has 0 spiro atoms. The predicted octanol–water partition coefficient (Wildman–Crippen LogP) is 2.23. The topological polar surface area (TPSA) is 113 Å². The van der Waals surface area contributed by atoms with Gasteiger partial charge in [0.1, 0.15) is 6.04 Å². The maximum atomic E-state index is 12.9. The Labute approximate surface area is 169 Å². The van der Waals surface area contributed by atoms with Gasteiger partial charge in [-0.15, -0.1) is 0 Å². The SMILES string of the molecule is CCCC[C@H](NC(=O)c1cccc2c1cnn2C)C(=O)N[C@H]1CCC[C@H]1C(=O)O. The van der Waals surface area contributed by atoms with E-state index in [1.165, 1.54) is 0 Å². The molecule has 1 aromatic carbocycles. The van der Waals surface area contributed by atoms with Crippen LogP contribution in [0.5, 0.6) is 0 Å². The fourth-order valence-corrected chi connectivity index (χ4v) is 4.00. The summed E-state index contributed by atoms with van der Waals surface area (Å²) < 4.78 is 1.69. The summed E-state index contributed by atoms with van der Waals surface area (Å²) >= 11 is 0. The van der Waals surface area contributed by atoms with Gasteiger partial charge in [0.2, 0.25) is 5.91 Å². The van der Waals surface area contributed by atoms with Crippen LogP contribution in [0.1, 0.15) is 55.8 Å². The van der Waals surface area contributed by atoms with Crippen LogP contribution in [0.15, 0.2) is 24.4 Å². The van der Waals surface area contributed by atoms with E-state index in [1.807, 2.05) is 20.0 Å². The van der Waals surface area contributed by atoms with Crippen molar-refractivity contribution < 1.29 is 19.5 Å². The fraction of sp³-hybridized carbons (Fsp3) is 0.524. The van der Waals surface area contributed by atoms with Crippen molar-refractivity contribution in [3.8, 4) is 0 Å². The van der Waals surface area contributed by atoms with Crippen molar-refractivity contribution in [3.63, 3.8) is 0 Å². The van der Waals surface area contributed by atoms with E-state index >= 15 is 0 Å². The molecule has 0 unspecified atom stereocenters. The summed E-state index contributed by atoms with van der Waals surface area (Å²) in [7, 11) is 1.81. The van der Waals surface area contributed by atoms with Crippen LogP contribution in [0.4, 0.5) is 0 Å². The summed E-state index contributed by atoms with van der Waals surface area (Å²) in [5.74, 6) is -2.10. The Bertz CT molecular complexity index is 907. The van der Waals surface area contributed by atoms with Crippen molar-refractivity contribution in [2.45, 2.75) is 57.5 Å². The van der Waals surface area contributed by atoms with Crippen LogP contribution >= 0.6 is 0 Å². The average Bonchev–Trinajstić information content (AvgIpc) is 3.31. The molecule has 156 valence electrons. The van der Waals surface area contributed by atoms with E-state index in [0.717, 1.165) is 30.2 Å². The third kappa shape index (κ3) is 4.58. The molecule has 3 N–H and O–H groups in total. The van der Waals surface area contributed by atoms with Crippen molar-refractivity contribution in [3.05, 3.63) is 30.0 Å². The number of aliphatic carboxylic acids is 1. The van der Waals surface area contributed by atoms with Crippen molar-refractivity contribution >= 4 is 28.7 Å². The standard InChI is InChI=1S/C21H28N4O4/c1-3-4-9-17(20(27)23-16-10-5-8-14(16)21(28)29)24-19(26)13-7-6-11-18-15(13)12-22-25(18)2/h6-7,11-12,14,16-17H,3-5,8-10H2,1-2H3,(H,23,27)(H,24,26)(H,28,29)/t14-,16+,17+/m1/s1. The predicted molar refractivity (Wildman–Crippen MR) is 108 cm³/mol. The Kier molecular flexibility index (Phi) is 6.51. The summed E-state index contributed by atoms with van der Waals surface area (Å²) in [4.78, 5) is 37.2.